The highest BCUT2D eigenvalue weighted by molar-refractivity contribution is 7.80. The normalized spacial score (nSPS) is 9.88. The van der Waals surface area contributed by atoms with Crippen molar-refractivity contribution in [2.24, 2.45) is 0 Å². The second-order valence-electron chi connectivity index (χ2n) is 3.40. The standard InChI is InChI=1S/C13H9O3S/c14-13(15)9-1-3-10(4-2-9)16-11-5-7-12(17)8-6-11/h1-8H,(H,14,15). The van der Waals surface area contributed by atoms with Crippen LogP contribution in [0.4, 0.5) is 0 Å². The van der Waals surface area contributed by atoms with Crippen molar-refractivity contribution >= 4 is 18.6 Å². The van der Waals surface area contributed by atoms with E-state index >= 15 is 0 Å². The molecule has 0 amide bonds. The summed E-state index contributed by atoms with van der Waals surface area (Å²) in [5, 5.41) is 8.74. The van der Waals surface area contributed by atoms with Crippen LogP contribution in [-0.2, 0) is 0 Å². The first-order chi connectivity index (χ1) is 8.15. The van der Waals surface area contributed by atoms with Crippen molar-refractivity contribution in [2.45, 2.75) is 4.90 Å². The van der Waals surface area contributed by atoms with Crippen molar-refractivity contribution in [1.82, 2.24) is 0 Å². The lowest BCUT2D eigenvalue weighted by molar-refractivity contribution is 0.0697. The zero-order valence-electron chi connectivity index (χ0n) is 8.79. The largest absolute Gasteiger partial charge is 0.478 e. The lowest BCUT2D eigenvalue weighted by Crippen LogP contribution is -1.95. The second-order valence-corrected chi connectivity index (χ2v) is 3.87. The maximum absolute atomic E-state index is 10.7. The van der Waals surface area contributed by atoms with Gasteiger partial charge in [0.05, 0.1) is 5.56 Å². The summed E-state index contributed by atoms with van der Waals surface area (Å²) in [6.45, 7) is 0. The molecule has 0 aromatic heterocycles. The van der Waals surface area contributed by atoms with E-state index in [0.717, 1.165) is 4.90 Å². The number of rotatable bonds is 3. The average Bonchev–Trinajstić information content (AvgIpc) is 2.33. The molecule has 0 aliphatic rings. The third-order valence-corrected chi connectivity index (χ3v) is 2.43. The summed E-state index contributed by atoms with van der Waals surface area (Å²) >= 11 is 4.96. The molecule has 0 aliphatic heterocycles. The quantitative estimate of drug-likeness (QED) is 0.896. The number of carboxylic acid groups (broad SMARTS) is 1. The van der Waals surface area contributed by atoms with E-state index in [9.17, 15) is 4.79 Å². The first-order valence-electron chi connectivity index (χ1n) is 4.93. The zero-order valence-corrected chi connectivity index (χ0v) is 9.61. The lowest BCUT2D eigenvalue weighted by atomic mass is 10.2. The third-order valence-electron chi connectivity index (χ3n) is 2.16. The smallest absolute Gasteiger partial charge is 0.335 e. The number of carboxylic acids is 1. The van der Waals surface area contributed by atoms with E-state index in [1.165, 1.54) is 12.1 Å². The third kappa shape index (κ3) is 2.95. The predicted octanol–water partition coefficient (Wildman–Crippen LogP) is 3.73. The fraction of sp³-hybridized carbons (Fsp3) is 0. The van der Waals surface area contributed by atoms with Gasteiger partial charge in [-0.25, -0.2) is 4.79 Å². The number of aromatic carboxylic acids is 1. The Morgan fingerprint density at radius 1 is 0.941 bits per heavy atom. The number of hydrogen-bond donors (Lipinski definition) is 1. The molecule has 0 unspecified atom stereocenters. The topological polar surface area (TPSA) is 46.5 Å². The molecule has 1 N–H and O–H groups in total. The molecule has 3 nitrogen and oxygen atoms in total. The molecular weight excluding hydrogens is 236 g/mol. The van der Waals surface area contributed by atoms with Crippen molar-refractivity contribution in [3.63, 3.8) is 0 Å². The van der Waals surface area contributed by atoms with Gasteiger partial charge in [0.1, 0.15) is 11.5 Å². The number of hydrogen-bond acceptors (Lipinski definition) is 2. The fourth-order valence-electron chi connectivity index (χ4n) is 1.31. The Morgan fingerprint density at radius 2 is 1.41 bits per heavy atom. The molecule has 0 heterocycles. The van der Waals surface area contributed by atoms with Crippen molar-refractivity contribution < 1.29 is 14.6 Å². The van der Waals surface area contributed by atoms with Crippen molar-refractivity contribution in [3.05, 3.63) is 54.1 Å². The van der Waals surface area contributed by atoms with Gasteiger partial charge in [0.15, 0.2) is 0 Å². The van der Waals surface area contributed by atoms with Crippen LogP contribution >= 0.6 is 12.6 Å². The van der Waals surface area contributed by atoms with Crippen LogP contribution in [0, 0.1) is 0 Å². The van der Waals surface area contributed by atoms with E-state index in [1.807, 2.05) is 0 Å². The van der Waals surface area contributed by atoms with Crippen LogP contribution in [0.1, 0.15) is 10.4 Å². The molecule has 0 atom stereocenters. The molecule has 0 fully saturated rings. The Balaban J connectivity index is 2.13. The molecule has 0 saturated carbocycles. The summed E-state index contributed by atoms with van der Waals surface area (Å²) in [6.07, 6.45) is 0. The summed E-state index contributed by atoms with van der Waals surface area (Å²) in [4.78, 5) is 11.4. The molecule has 2 aromatic carbocycles. The summed E-state index contributed by atoms with van der Waals surface area (Å²) in [5.41, 5.74) is 0.234. The number of ether oxygens (including phenoxy) is 1. The first-order valence-corrected chi connectivity index (χ1v) is 5.34. The summed E-state index contributed by atoms with van der Waals surface area (Å²) in [6, 6.07) is 13.3. The summed E-state index contributed by atoms with van der Waals surface area (Å²) in [5.74, 6) is 0.306. The van der Waals surface area contributed by atoms with Gasteiger partial charge in [0.2, 0.25) is 0 Å². The average molecular weight is 245 g/mol. The monoisotopic (exact) mass is 245 g/mol. The Kier molecular flexibility index (Phi) is 3.25. The van der Waals surface area contributed by atoms with Gasteiger partial charge in [-0.3, -0.25) is 0 Å². The highest BCUT2D eigenvalue weighted by Gasteiger charge is 2.02. The first kappa shape index (κ1) is 11.4. The Labute approximate surface area is 104 Å². The highest BCUT2D eigenvalue weighted by atomic mass is 32.1. The Hall–Kier alpha value is -2.07. The fourth-order valence-corrected chi connectivity index (χ4v) is 1.45. The number of benzene rings is 2. The van der Waals surface area contributed by atoms with E-state index < -0.39 is 5.97 Å². The van der Waals surface area contributed by atoms with E-state index in [4.69, 9.17) is 22.5 Å². The van der Waals surface area contributed by atoms with Crippen molar-refractivity contribution in [1.29, 1.82) is 0 Å². The molecular formula is C13H9O3S. The Morgan fingerprint density at radius 3 is 1.88 bits per heavy atom. The predicted molar refractivity (Wildman–Crippen MR) is 65.8 cm³/mol. The molecule has 85 valence electrons. The molecule has 17 heavy (non-hydrogen) atoms. The lowest BCUT2D eigenvalue weighted by Gasteiger charge is -2.05. The zero-order chi connectivity index (χ0) is 12.3. The SMILES string of the molecule is O=C(O)c1ccc(Oc2ccc([S])cc2)cc1. The summed E-state index contributed by atoms with van der Waals surface area (Å²) in [7, 11) is 0. The molecule has 4 heteroatoms. The van der Waals surface area contributed by atoms with Gasteiger partial charge in [0.25, 0.3) is 0 Å². The van der Waals surface area contributed by atoms with E-state index in [2.05, 4.69) is 0 Å². The minimum atomic E-state index is -0.952. The molecule has 2 rings (SSSR count). The number of carbonyl (C=O) groups is 1. The van der Waals surface area contributed by atoms with E-state index in [1.54, 1.807) is 36.4 Å². The summed E-state index contributed by atoms with van der Waals surface area (Å²) < 4.78 is 5.53. The van der Waals surface area contributed by atoms with Gasteiger partial charge in [-0.15, -0.1) is 0 Å². The van der Waals surface area contributed by atoms with Crippen LogP contribution in [0.25, 0.3) is 0 Å². The van der Waals surface area contributed by atoms with E-state index in [0.29, 0.717) is 11.5 Å². The maximum Gasteiger partial charge on any atom is 0.335 e. The molecule has 2 aromatic rings. The van der Waals surface area contributed by atoms with Crippen molar-refractivity contribution in [3.8, 4) is 11.5 Å². The van der Waals surface area contributed by atoms with Gasteiger partial charge in [-0.1, -0.05) is 12.6 Å². The van der Waals surface area contributed by atoms with Gasteiger partial charge < -0.3 is 9.84 Å². The van der Waals surface area contributed by atoms with Crippen LogP contribution < -0.4 is 4.74 Å². The highest BCUT2D eigenvalue weighted by Crippen LogP contribution is 2.22. The van der Waals surface area contributed by atoms with Crippen LogP contribution in [0.2, 0.25) is 0 Å². The van der Waals surface area contributed by atoms with Gasteiger partial charge in [0, 0.05) is 4.90 Å². The van der Waals surface area contributed by atoms with Crippen molar-refractivity contribution in [2.75, 3.05) is 0 Å². The molecule has 0 aliphatic carbocycles. The van der Waals surface area contributed by atoms with Crippen LogP contribution in [0.5, 0.6) is 11.5 Å². The van der Waals surface area contributed by atoms with Crippen LogP contribution in [-0.4, -0.2) is 11.1 Å². The van der Waals surface area contributed by atoms with Gasteiger partial charge in [-0.05, 0) is 48.5 Å². The minimum Gasteiger partial charge on any atom is -0.478 e. The van der Waals surface area contributed by atoms with Gasteiger partial charge in [-0.2, -0.15) is 0 Å². The van der Waals surface area contributed by atoms with E-state index in [-0.39, 0.29) is 5.56 Å². The Bertz CT molecular complexity index is 517. The molecule has 0 bridgehead atoms. The molecule has 0 saturated heterocycles. The van der Waals surface area contributed by atoms with Crippen LogP contribution in [0.15, 0.2) is 53.4 Å². The maximum atomic E-state index is 10.7. The molecule has 0 spiro atoms. The second kappa shape index (κ2) is 4.84. The molecule has 1 radical (unpaired) electrons. The van der Waals surface area contributed by atoms with Crippen LogP contribution in [0.3, 0.4) is 0 Å². The van der Waals surface area contributed by atoms with Gasteiger partial charge >= 0.3 is 5.97 Å². The minimum absolute atomic E-state index is 0.234.